The fraction of sp³-hybridized carbons (Fsp3) is 0.471. The van der Waals surface area contributed by atoms with Crippen molar-refractivity contribution in [1.82, 2.24) is 4.90 Å². The minimum Gasteiger partial charge on any atom is -0.496 e. The van der Waals surface area contributed by atoms with E-state index >= 15 is 0 Å². The Morgan fingerprint density at radius 3 is 2.45 bits per heavy atom. The number of benzene rings is 1. The summed E-state index contributed by atoms with van der Waals surface area (Å²) in [7, 11) is 1.64. The number of likely N-dealkylation sites (tertiary alicyclic amines) is 1. The van der Waals surface area contributed by atoms with Gasteiger partial charge in [-0.25, -0.2) is 0 Å². The Morgan fingerprint density at radius 2 is 1.80 bits per heavy atom. The van der Waals surface area contributed by atoms with E-state index in [-0.39, 0.29) is 5.91 Å². The summed E-state index contributed by atoms with van der Waals surface area (Å²) in [6, 6.07) is 3.98. The smallest absolute Gasteiger partial charge is 0.258 e. The van der Waals surface area contributed by atoms with Gasteiger partial charge in [0.2, 0.25) is 0 Å². The summed E-state index contributed by atoms with van der Waals surface area (Å²) in [6.45, 7) is 5.93. The summed E-state index contributed by atoms with van der Waals surface area (Å²) >= 11 is 0. The van der Waals surface area contributed by atoms with Gasteiger partial charge < -0.3 is 9.64 Å². The zero-order valence-corrected chi connectivity index (χ0v) is 12.5. The van der Waals surface area contributed by atoms with Crippen LogP contribution in [0.2, 0.25) is 0 Å². The van der Waals surface area contributed by atoms with Gasteiger partial charge in [0.05, 0.1) is 12.7 Å². The summed E-state index contributed by atoms with van der Waals surface area (Å²) in [5.41, 5.74) is 5.56. The standard InChI is InChI=1S/C17H21NO2/c1-11-12(2)15-13(11)7-8-14(20-3)16(15)17(19)18-9-5-4-6-10-18/h7-8H,4-6,9-10H2,1-3H3. The molecule has 1 fully saturated rings. The highest BCUT2D eigenvalue weighted by atomic mass is 16.5. The molecule has 1 aromatic carbocycles. The van der Waals surface area contributed by atoms with Gasteiger partial charge in [-0.2, -0.15) is 0 Å². The monoisotopic (exact) mass is 271 g/mol. The van der Waals surface area contributed by atoms with Crippen LogP contribution in [-0.2, 0) is 0 Å². The maximum Gasteiger partial charge on any atom is 0.258 e. The second-order valence-corrected chi connectivity index (χ2v) is 5.67. The van der Waals surface area contributed by atoms with Crippen molar-refractivity contribution in [2.45, 2.75) is 33.1 Å². The molecule has 3 heteroatoms. The highest BCUT2D eigenvalue weighted by Crippen LogP contribution is 2.45. The largest absolute Gasteiger partial charge is 0.496 e. The average molecular weight is 271 g/mol. The number of piperidine rings is 1. The minimum absolute atomic E-state index is 0.130. The molecule has 0 unspecified atom stereocenters. The van der Waals surface area contributed by atoms with E-state index in [9.17, 15) is 4.79 Å². The number of ether oxygens (including phenoxy) is 1. The number of hydrogen-bond acceptors (Lipinski definition) is 2. The molecule has 0 atom stereocenters. The number of fused-ring (bicyclic) bond motifs is 1. The fourth-order valence-corrected chi connectivity index (χ4v) is 3.25. The molecule has 0 aromatic heterocycles. The molecule has 3 rings (SSSR count). The van der Waals surface area contributed by atoms with Crippen LogP contribution in [0.1, 0.15) is 54.6 Å². The molecule has 106 valence electrons. The van der Waals surface area contributed by atoms with Gasteiger partial charge in [0, 0.05) is 18.7 Å². The first kappa shape index (κ1) is 13.2. The summed E-state index contributed by atoms with van der Waals surface area (Å²) in [5, 5.41) is 0. The molecule has 1 aliphatic carbocycles. The number of carbonyl (C=O) groups is 1. The lowest BCUT2D eigenvalue weighted by atomic mass is 9.78. The van der Waals surface area contributed by atoms with Gasteiger partial charge in [0.25, 0.3) is 5.91 Å². The van der Waals surface area contributed by atoms with Crippen molar-refractivity contribution >= 4 is 17.1 Å². The lowest BCUT2D eigenvalue weighted by Crippen LogP contribution is -2.36. The second kappa shape index (κ2) is 4.97. The molecule has 20 heavy (non-hydrogen) atoms. The molecule has 1 saturated heterocycles. The molecular formula is C17H21NO2. The number of hydrogen-bond donors (Lipinski definition) is 0. The van der Waals surface area contributed by atoms with Crippen molar-refractivity contribution in [2.75, 3.05) is 20.2 Å². The third kappa shape index (κ3) is 1.84. The van der Waals surface area contributed by atoms with E-state index < -0.39 is 0 Å². The Balaban J connectivity index is 2.03. The predicted molar refractivity (Wildman–Crippen MR) is 80.9 cm³/mol. The average Bonchev–Trinajstić information content (AvgIpc) is 2.52. The van der Waals surface area contributed by atoms with E-state index in [1.54, 1.807) is 7.11 Å². The fourth-order valence-electron chi connectivity index (χ4n) is 3.25. The quantitative estimate of drug-likeness (QED) is 0.822. The number of rotatable bonds is 2. The van der Waals surface area contributed by atoms with E-state index in [1.807, 2.05) is 11.0 Å². The van der Waals surface area contributed by atoms with Crippen LogP contribution in [-0.4, -0.2) is 31.0 Å². The molecule has 0 saturated carbocycles. The maximum absolute atomic E-state index is 12.9. The Kier molecular flexibility index (Phi) is 3.28. The first-order valence-electron chi connectivity index (χ1n) is 7.33. The molecular weight excluding hydrogens is 250 g/mol. The van der Waals surface area contributed by atoms with Crippen LogP contribution < -0.4 is 4.74 Å². The van der Waals surface area contributed by atoms with Crippen molar-refractivity contribution in [2.24, 2.45) is 0 Å². The van der Waals surface area contributed by atoms with Gasteiger partial charge in [-0.05, 0) is 55.9 Å². The lowest BCUT2D eigenvalue weighted by Gasteiger charge is -2.32. The predicted octanol–water partition coefficient (Wildman–Crippen LogP) is 3.59. The number of methoxy groups -OCH3 is 1. The van der Waals surface area contributed by atoms with Gasteiger partial charge in [0.15, 0.2) is 0 Å². The molecule has 0 radical (unpaired) electrons. The third-order valence-corrected chi connectivity index (χ3v) is 4.59. The Labute approximate surface area is 120 Å². The summed E-state index contributed by atoms with van der Waals surface area (Å²) in [5.74, 6) is 0.830. The van der Waals surface area contributed by atoms with Gasteiger partial charge in [-0.1, -0.05) is 6.07 Å². The van der Waals surface area contributed by atoms with Crippen LogP contribution in [0.15, 0.2) is 12.1 Å². The third-order valence-electron chi connectivity index (χ3n) is 4.59. The normalized spacial score (nSPS) is 17.6. The van der Waals surface area contributed by atoms with E-state index in [0.717, 1.165) is 37.1 Å². The van der Waals surface area contributed by atoms with Crippen LogP contribution in [0.5, 0.6) is 5.75 Å². The summed E-state index contributed by atoms with van der Waals surface area (Å²) in [6.07, 6.45) is 3.44. The number of allylic oxidation sites excluding steroid dienone is 2. The molecule has 0 bridgehead atoms. The first-order chi connectivity index (χ1) is 9.65. The molecule has 1 amide bonds. The van der Waals surface area contributed by atoms with Crippen LogP contribution in [0.3, 0.4) is 0 Å². The summed E-state index contributed by atoms with van der Waals surface area (Å²) < 4.78 is 5.44. The number of amides is 1. The number of carbonyl (C=O) groups excluding carboxylic acids is 1. The molecule has 1 aliphatic heterocycles. The zero-order valence-electron chi connectivity index (χ0n) is 12.5. The van der Waals surface area contributed by atoms with Crippen LogP contribution >= 0.6 is 0 Å². The highest BCUT2D eigenvalue weighted by molar-refractivity contribution is 6.12. The van der Waals surface area contributed by atoms with Crippen LogP contribution in [0, 0.1) is 0 Å². The van der Waals surface area contributed by atoms with Crippen molar-refractivity contribution in [3.63, 3.8) is 0 Å². The van der Waals surface area contributed by atoms with Crippen molar-refractivity contribution in [3.05, 3.63) is 28.8 Å². The SMILES string of the molecule is COc1ccc2c(c1C(=O)N1CCCCC1)C(C)=C2C. The molecule has 1 aromatic rings. The van der Waals surface area contributed by atoms with Crippen LogP contribution in [0.25, 0.3) is 11.1 Å². The Bertz CT molecular complexity index is 595. The molecule has 2 aliphatic rings. The van der Waals surface area contributed by atoms with Gasteiger partial charge >= 0.3 is 0 Å². The van der Waals surface area contributed by atoms with Crippen LogP contribution in [0.4, 0.5) is 0 Å². The zero-order chi connectivity index (χ0) is 14.3. The van der Waals surface area contributed by atoms with Crippen molar-refractivity contribution in [1.29, 1.82) is 0 Å². The van der Waals surface area contributed by atoms with E-state index in [4.69, 9.17) is 4.74 Å². The van der Waals surface area contributed by atoms with Crippen molar-refractivity contribution in [3.8, 4) is 5.75 Å². The lowest BCUT2D eigenvalue weighted by molar-refractivity contribution is 0.0720. The Morgan fingerprint density at radius 1 is 1.10 bits per heavy atom. The first-order valence-corrected chi connectivity index (χ1v) is 7.33. The number of nitrogens with zero attached hydrogens (tertiary/aromatic N) is 1. The second-order valence-electron chi connectivity index (χ2n) is 5.67. The van der Waals surface area contributed by atoms with Gasteiger partial charge in [-0.15, -0.1) is 0 Å². The van der Waals surface area contributed by atoms with E-state index in [1.165, 1.54) is 23.1 Å². The minimum atomic E-state index is 0.130. The topological polar surface area (TPSA) is 29.5 Å². The van der Waals surface area contributed by atoms with Gasteiger partial charge in [-0.3, -0.25) is 4.79 Å². The molecule has 0 N–H and O–H groups in total. The molecule has 0 spiro atoms. The maximum atomic E-state index is 12.9. The van der Waals surface area contributed by atoms with Crippen molar-refractivity contribution < 1.29 is 9.53 Å². The van der Waals surface area contributed by atoms with Gasteiger partial charge in [0.1, 0.15) is 5.75 Å². The molecule has 3 nitrogen and oxygen atoms in total. The van der Waals surface area contributed by atoms with E-state index in [2.05, 4.69) is 19.9 Å². The molecule has 1 heterocycles. The highest BCUT2D eigenvalue weighted by Gasteiger charge is 2.31. The Hall–Kier alpha value is -1.77. The summed E-state index contributed by atoms with van der Waals surface area (Å²) in [4.78, 5) is 14.8. The van der Waals surface area contributed by atoms with E-state index in [0.29, 0.717) is 5.75 Å².